The summed E-state index contributed by atoms with van der Waals surface area (Å²) in [4.78, 5) is 0. The van der Waals surface area contributed by atoms with Crippen molar-refractivity contribution in [1.29, 1.82) is 0 Å². The summed E-state index contributed by atoms with van der Waals surface area (Å²) in [6.45, 7) is 0. The number of aromatic nitrogens is 4. The quantitative estimate of drug-likeness (QED) is 0.687. The van der Waals surface area contributed by atoms with E-state index in [9.17, 15) is 0 Å². The van der Waals surface area contributed by atoms with Crippen molar-refractivity contribution in [2.24, 2.45) is 0 Å². The van der Waals surface area contributed by atoms with Gasteiger partial charge in [-0.2, -0.15) is 10.2 Å². The predicted octanol–water partition coefficient (Wildman–Crippen LogP) is 0.437. The molecule has 2 heterocycles. The molecule has 0 aromatic carbocycles. The maximum Gasteiger partial charge on any atom is 0.243 e. The van der Waals surface area contributed by atoms with E-state index in [4.69, 9.17) is 9.47 Å². The molecule has 14 heavy (non-hydrogen) atoms. The fourth-order valence-electron chi connectivity index (χ4n) is 1.16. The Morgan fingerprint density at radius 1 is 0.857 bits per heavy atom. The fourth-order valence-corrected chi connectivity index (χ4v) is 1.16. The van der Waals surface area contributed by atoms with Crippen molar-refractivity contribution >= 4 is 10.8 Å². The van der Waals surface area contributed by atoms with Crippen LogP contribution in [0, 0.1) is 0 Å². The van der Waals surface area contributed by atoms with E-state index in [0.29, 0.717) is 11.8 Å². The van der Waals surface area contributed by atoms with Crippen LogP contribution in [0.4, 0.5) is 0 Å². The Balaban J connectivity index is 2.78. The highest BCUT2D eigenvalue weighted by atomic mass is 16.5. The van der Waals surface area contributed by atoms with E-state index >= 15 is 0 Å². The molecule has 2 aromatic rings. The van der Waals surface area contributed by atoms with Gasteiger partial charge in [0.2, 0.25) is 11.8 Å². The molecule has 72 valence electrons. The lowest BCUT2D eigenvalue weighted by Crippen LogP contribution is -1.97. The molecule has 2 aromatic heterocycles. The van der Waals surface area contributed by atoms with Gasteiger partial charge in [-0.1, -0.05) is 0 Å². The Hall–Kier alpha value is -1.98. The molecule has 0 atom stereocenters. The van der Waals surface area contributed by atoms with Crippen LogP contribution in [-0.4, -0.2) is 34.6 Å². The predicted molar refractivity (Wildman–Crippen MR) is 48.2 cm³/mol. The van der Waals surface area contributed by atoms with Crippen LogP contribution in [0.3, 0.4) is 0 Å². The maximum absolute atomic E-state index is 5.03. The summed E-state index contributed by atoms with van der Waals surface area (Å²) in [6, 6.07) is 0. The van der Waals surface area contributed by atoms with Crippen LogP contribution in [0.25, 0.3) is 10.8 Å². The van der Waals surface area contributed by atoms with E-state index in [0.717, 1.165) is 10.8 Å². The molecule has 0 unspecified atom stereocenters. The van der Waals surface area contributed by atoms with Gasteiger partial charge in [0, 0.05) is 0 Å². The molecule has 6 heteroatoms. The first-order valence-electron chi connectivity index (χ1n) is 3.92. The molecule has 0 saturated carbocycles. The number of hydrogen-bond acceptors (Lipinski definition) is 6. The highest BCUT2D eigenvalue weighted by Crippen LogP contribution is 2.26. The van der Waals surface area contributed by atoms with E-state index in [2.05, 4.69) is 20.4 Å². The van der Waals surface area contributed by atoms with Crippen molar-refractivity contribution < 1.29 is 9.47 Å². The molecule has 6 nitrogen and oxygen atoms in total. The summed E-state index contributed by atoms with van der Waals surface area (Å²) in [6.07, 6.45) is 3.12. The molecule has 0 aliphatic carbocycles. The first kappa shape index (κ1) is 8.61. The van der Waals surface area contributed by atoms with Gasteiger partial charge in [-0.25, -0.2) is 0 Å². The first-order valence-corrected chi connectivity index (χ1v) is 3.92. The minimum atomic E-state index is 0.413. The van der Waals surface area contributed by atoms with Gasteiger partial charge in [0.1, 0.15) is 0 Å². The second-order valence-electron chi connectivity index (χ2n) is 2.54. The third kappa shape index (κ3) is 1.20. The molecule has 0 aliphatic rings. The van der Waals surface area contributed by atoms with E-state index in [-0.39, 0.29) is 0 Å². The summed E-state index contributed by atoms with van der Waals surface area (Å²) in [7, 11) is 3.05. The SMILES string of the molecule is COc1nnc(OC)c2cnncc12. The monoisotopic (exact) mass is 192 g/mol. The average Bonchev–Trinajstić information content (AvgIpc) is 2.27. The summed E-state index contributed by atoms with van der Waals surface area (Å²) in [5.74, 6) is 0.825. The summed E-state index contributed by atoms with van der Waals surface area (Å²) in [5, 5.41) is 16.6. The normalized spacial score (nSPS) is 10.1. The standard InChI is InChI=1S/C8H8N4O2/c1-13-7-5-3-9-10-4-6(5)8(14-2)12-11-7/h3-4H,1-2H3. The van der Waals surface area contributed by atoms with Crippen LogP contribution in [-0.2, 0) is 0 Å². The molecule has 2 rings (SSSR count). The van der Waals surface area contributed by atoms with Crippen LogP contribution in [0.2, 0.25) is 0 Å². The Morgan fingerprint density at radius 3 is 1.64 bits per heavy atom. The number of methoxy groups -OCH3 is 2. The largest absolute Gasteiger partial charge is 0.479 e. The zero-order valence-electron chi connectivity index (χ0n) is 7.76. The van der Waals surface area contributed by atoms with Crippen LogP contribution < -0.4 is 9.47 Å². The van der Waals surface area contributed by atoms with Crippen LogP contribution in [0.15, 0.2) is 12.4 Å². The second kappa shape index (κ2) is 3.41. The number of ether oxygens (including phenoxy) is 2. The lowest BCUT2D eigenvalue weighted by Gasteiger charge is -2.04. The molecule has 0 spiro atoms. The van der Waals surface area contributed by atoms with Gasteiger partial charge in [0.15, 0.2) is 0 Å². The van der Waals surface area contributed by atoms with Crippen molar-refractivity contribution in [3.05, 3.63) is 12.4 Å². The Labute approximate surface area is 79.9 Å². The van der Waals surface area contributed by atoms with Crippen molar-refractivity contribution in [3.8, 4) is 11.8 Å². The Bertz CT molecular complexity index is 418. The number of hydrogen-bond donors (Lipinski definition) is 0. The minimum Gasteiger partial charge on any atom is -0.479 e. The number of rotatable bonds is 2. The number of nitrogens with zero attached hydrogens (tertiary/aromatic N) is 4. The third-order valence-electron chi connectivity index (χ3n) is 1.81. The molecule has 0 saturated heterocycles. The molecule has 0 aliphatic heterocycles. The summed E-state index contributed by atoms with van der Waals surface area (Å²) in [5.41, 5.74) is 0. The van der Waals surface area contributed by atoms with Crippen LogP contribution in [0.5, 0.6) is 11.8 Å². The van der Waals surface area contributed by atoms with E-state index < -0.39 is 0 Å². The van der Waals surface area contributed by atoms with Crippen LogP contribution >= 0.6 is 0 Å². The van der Waals surface area contributed by atoms with Crippen molar-refractivity contribution in [1.82, 2.24) is 20.4 Å². The number of fused-ring (bicyclic) bond motifs is 1. The van der Waals surface area contributed by atoms with Gasteiger partial charge in [0.05, 0.1) is 37.4 Å². The molecular formula is C8H8N4O2. The van der Waals surface area contributed by atoms with E-state index in [1.54, 1.807) is 12.4 Å². The topological polar surface area (TPSA) is 70.0 Å². The van der Waals surface area contributed by atoms with Crippen molar-refractivity contribution in [2.45, 2.75) is 0 Å². The van der Waals surface area contributed by atoms with Gasteiger partial charge in [-0.15, -0.1) is 10.2 Å². The smallest absolute Gasteiger partial charge is 0.243 e. The van der Waals surface area contributed by atoms with Gasteiger partial charge in [-0.05, 0) is 0 Å². The lowest BCUT2D eigenvalue weighted by molar-refractivity contribution is 0.375. The van der Waals surface area contributed by atoms with Crippen molar-refractivity contribution in [2.75, 3.05) is 14.2 Å². The summed E-state index contributed by atoms with van der Waals surface area (Å²) < 4.78 is 10.1. The molecule has 0 radical (unpaired) electrons. The van der Waals surface area contributed by atoms with Gasteiger partial charge in [-0.3, -0.25) is 0 Å². The Morgan fingerprint density at radius 2 is 1.29 bits per heavy atom. The minimum absolute atomic E-state index is 0.413. The molecule has 0 amide bonds. The van der Waals surface area contributed by atoms with Gasteiger partial charge in [0.25, 0.3) is 0 Å². The molecule has 0 N–H and O–H groups in total. The zero-order valence-corrected chi connectivity index (χ0v) is 7.76. The molecule has 0 bridgehead atoms. The first-order chi connectivity index (χ1) is 6.86. The van der Waals surface area contributed by atoms with Crippen LogP contribution in [0.1, 0.15) is 0 Å². The third-order valence-corrected chi connectivity index (χ3v) is 1.81. The summed E-state index contributed by atoms with van der Waals surface area (Å²) >= 11 is 0. The zero-order chi connectivity index (χ0) is 9.97. The average molecular weight is 192 g/mol. The van der Waals surface area contributed by atoms with Gasteiger partial charge < -0.3 is 9.47 Å². The van der Waals surface area contributed by atoms with E-state index in [1.807, 2.05) is 0 Å². The highest BCUT2D eigenvalue weighted by Gasteiger charge is 2.09. The highest BCUT2D eigenvalue weighted by molar-refractivity contribution is 5.88. The maximum atomic E-state index is 5.03. The Kier molecular flexibility index (Phi) is 2.10. The van der Waals surface area contributed by atoms with Gasteiger partial charge >= 0.3 is 0 Å². The second-order valence-corrected chi connectivity index (χ2v) is 2.54. The molecular weight excluding hydrogens is 184 g/mol. The van der Waals surface area contributed by atoms with E-state index in [1.165, 1.54) is 14.2 Å². The molecule has 0 fully saturated rings. The van der Waals surface area contributed by atoms with Crippen molar-refractivity contribution in [3.63, 3.8) is 0 Å². The lowest BCUT2D eigenvalue weighted by atomic mass is 10.3. The fraction of sp³-hybridized carbons (Fsp3) is 0.250.